The van der Waals surface area contributed by atoms with E-state index in [1.54, 1.807) is 12.4 Å². The minimum absolute atomic E-state index is 0.178. The van der Waals surface area contributed by atoms with Crippen LogP contribution in [0.5, 0.6) is 0 Å². The second kappa shape index (κ2) is 7.08. The zero-order valence-corrected chi connectivity index (χ0v) is 12.8. The maximum atomic E-state index is 11.9. The molecule has 7 heteroatoms. The summed E-state index contributed by atoms with van der Waals surface area (Å²) in [7, 11) is 0. The van der Waals surface area contributed by atoms with Crippen molar-refractivity contribution >= 4 is 17.6 Å². The number of aromatic nitrogens is 3. The van der Waals surface area contributed by atoms with Crippen LogP contribution >= 0.6 is 11.6 Å². The van der Waals surface area contributed by atoms with Crippen LogP contribution in [0.2, 0.25) is 5.02 Å². The molecule has 2 amide bonds. The fraction of sp³-hybridized carbons (Fsp3) is 0.357. The Bertz CT molecular complexity index is 613. The second-order valence-electron chi connectivity index (χ2n) is 4.60. The van der Waals surface area contributed by atoms with Gasteiger partial charge in [0, 0.05) is 11.6 Å². The number of urea groups is 1. The zero-order chi connectivity index (χ0) is 15.2. The van der Waals surface area contributed by atoms with Gasteiger partial charge < -0.3 is 15.2 Å². The van der Waals surface area contributed by atoms with E-state index >= 15 is 0 Å². The third-order valence-corrected chi connectivity index (χ3v) is 3.51. The van der Waals surface area contributed by atoms with Crippen LogP contribution in [0.25, 0.3) is 0 Å². The van der Waals surface area contributed by atoms with Crippen LogP contribution in [0, 0.1) is 0 Å². The van der Waals surface area contributed by atoms with Gasteiger partial charge in [-0.1, -0.05) is 29.8 Å². The summed E-state index contributed by atoms with van der Waals surface area (Å²) in [4.78, 5) is 11.9. The predicted octanol–water partition coefficient (Wildman–Crippen LogP) is 2.51. The third kappa shape index (κ3) is 3.95. The average Bonchev–Trinajstić information content (AvgIpc) is 2.93. The van der Waals surface area contributed by atoms with Crippen molar-refractivity contribution in [3.63, 3.8) is 0 Å². The number of carbonyl (C=O) groups excluding carboxylic acids is 1. The Balaban J connectivity index is 1.89. The molecule has 2 aromatic rings. The lowest BCUT2D eigenvalue weighted by Gasteiger charge is -2.16. The van der Waals surface area contributed by atoms with Gasteiger partial charge in [0.25, 0.3) is 0 Å². The summed E-state index contributed by atoms with van der Waals surface area (Å²) >= 11 is 6.11. The highest BCUT2D eigenvalue weighted by molar-refractivity contribution is 6.31. The first kappa shape index (κ1) is 15.3. The van der Waals surface area contributed by atoms with E-state index in [-0.39, 0.29) is 12.1 Å². The third-order valence-electron chi connectivity index (χ3n) is 3.16. The molecule has 0 saturated carbocycles. The maximum Gasteiger partial charge on any atom is 0.315 e. The molecule has 6 nitrogen and oxygen atoms in total. The minimum Gasteiger partial charge on any atom is -0.332 e. The number of aryl methyl sites for hydroxylation is 1. The number of halogens is 1. The molecule has 1 aromatic heterocycles. The largest absolute Gasteiger partial charge is 0.332 e. The molecular formula is C14H18ClN5O. The summed E-state index contributed by atoms with van der Waals surface area (Å²) in [6.07, 6.45) is 1.64. The van der Waals surface area contributed by atoms with E-state index < -0.39 is 0 Å². The van der Waals surface area contributed by atoms with E-state index in [2.05, 4.69) is 20.8 Å². The lowest BCUT2D eigenvalue weighted by molar-refractivity contribution is 0.237. The summed E-state index contributed by atoms with van der Waals surface area (Å²) in [5.74, 6) is 0.720. The molecule has 1 atom stereocenters. The van der Waals surface area contributed by atoms with Gasteiger partial charge in [-0.25, -0.2) is 4.79 Å². The fourth-order valence-corrected chi connectivity index (χ4v) is 2.29. The number of hydrogen-bond acceptors (Lipinski definition) is 3. The van der Waals surface area contributed by atoms with E-state index in [0.717, 1.165) is 17.9 Å². The average molecular weight is 308 g/mol. The van der Waals surface area contributed by atoms with Gasteiger partial charge in [0.15, 0.2) is 5.82 Å². The van der Waals surface area contributed by atoms with E-state index in [1.165, 1.54) is 0 Å². The van der Waals surface area contributed by atoms with Crippen LogP contribution in [0.4, 0.5) is 4.79 Å². The van der Waals surface area contributed by atoms with Crippen molar-refractivity contribution in [2.45, 2.75) is 33.0 Å². The first-order valence-corrected chi connectivity index (χ1v) is 7.15. The fourth-order valence-electron chi connectivity index (χ4n) is 1.99. The summed E-state index contributed by atoms with van der Waals surface area (Å²) in [6.45, 7) is 4.97. The van der Waals surface area contributed by atoms with Crippen molar-refractivity contribution in [3.05, 3.63) is 47.0 Å². The van der Waals surface area contributed by atoms with Gasteiger partial charge in [0.05, 0.1) is 12.6 Å². The Morgan fingerprint density at radius 2 is 2.19 bits per heavy atom. The molecule has 0 aliphatic heterocycles. The molecule has 0 aliphatic carbocycles. The Kier molecular flexibility index (Phi) is 5.16. The van der Waals surface area contributed by atoms with Gasteiger partial charge >= 0.3 is 6.03 Å². The SMILES string of the molecule is CCn1cnnc1CNC(=O)N[C@H](C)c1ccccc1Cl. The smallest absolute Gasteiger partial charge is 0.315 e. The molecule has 1 aromatic carbocycles. The molecule has 2 rings (SSSR count). The van der Waals surface area contributed by atoms with Gasteiger partial charge in [-0.05, 0) is 25.5 Å². The van der Waals surface area contributed by atoms with Crippen LogP contribution in [-0.4, -0.2) is 20.8 Å². The summed E-state index contributed by atoms with van der Waals surface area (Å²) in [6, 6.07) is 6.99. The van der Waals surface area contributed by atoms with Crippen molar-refractivity contribution < 1.29 is 4.79 Å². The van der Waals surface area contributed by atoms with Crippen molar-refractivity contribution in [2.75, 3.05) is 0 Å². The van der Waals surface area contributed by atoms with Gasteiger partial charge in [-0.3, -0.25) is 0 Å². The Morgan fingerprint density at radius 1 is 1.43 bits per heavy atom. The molecule has 21 heavy (non-hydrogen) atoms. The quantitative estimate of drug-likeness (QED) is 0.891. The minimum atomic E-state index is -0.270. The first-order chi connectivity index (χ1) is 10.1. The molecule has 0 bridgehead atoms. The lowest BCUT2D eigenvalue weighted by atomic mass is 10.1. The van der Waals surface area contributed by atoms with Crippen molar-refractivity contribution in [1.82, 2.24) is 25.4 Å². The maximum absolute atomic E-state index is 11.9. The van der Waals surface area contributed by atoms with E-state index in [4.69, 9.17) is 11.6 Å². The molecule has 0 radical (unpaired) electrons. The molecule has 0 aliphatic rings. The van der Waals surface area contributed by atoms with Crippen molar-refractivity contribution in [2.24, 2.45) is 0 Å². The molecular weight excluding hydrogens is 290 g/mol. The highest BCUT2D eigenvalue weighted by Gasteiger charge is 2.12. The van der Waals surface area contributed by atoms with Crippen LogP contribution in [0.3, 0.4) is 0 Å². The van der Waals surface area contributed by atoms with Gasteiger partial charge in [0.1, 0.15) is 6.33 Å². The van der Waals surface area contributed by atoms with E-state index in [0.29, 0.717) is 11.6 Å². The van der Waals surface area contributed by atoms with Crippen LogP contribution in [-0.2, 0) is 13.1 Å². The number of hydrogen-bond donors (Lipinski definition) is 2. The molecule has 0 spiro atoms. The Labute approximate surface area is 128 Å². The standard InChI is InChI=1S/C14H18ClN5O/c1-3-20-9-17-19-13(20)8-16-14(21)18-10(2)11-6-4-5-7-12(11)15/h4-7,9-10H,3,8H2,1-2H3,(H2,16,18,21)/t10-/m1/s1. The predicted molar refractivity (Wildman–Crippen MR) is 80.9 cm³/mol. The summed E-state index contributed by atoms with van der Waals surface area (Å²) in [5, 5.41) is 14.0. The number of nitrogens with zero attached hydrogens (tertiary/aromatic N) is 3. The number of nitrogens with one attached hydrogen (secondary N) is 2. The van der Waals surface area contributed by atoms with E-state index in [9.17, 15) is 4.79 Å². The number of benzene rings is 1. The van der Waals surface area contributed by atoms with Gasteiger partial charge in [-0.2, -0.15) is 0 Å². The number of amides is 2. The van der Waals surface area contributed by atoms with E-state index in [1.807, 2.05) is 36.6 Å². The van der Waals surface area contributed by atoms with Crippen molar-refractivity contribution in [3.8, 4) is 0 Å². The Hall–Kier alpha value is -2.08. The topological polar surface area (TPSA) is 71.8 Å². The summed E-state index contributed by atoms with van der Waals surface area (Å²) < 4.78 is 1.87. The summed E-state index contributed by atoms with van der Waals surface area (Å²) in [5.41, 5.74) is 0.881. The highest BCUT2D eigenvalue weighted by atomic mass is 35.5. The normalized spacial score (nSPS) is 12.0. The molecule has 0 fully saturated rings. The molecule has 1 heterocycles. The first-order valence-electron chi connectivity index (χ1n) is 6.77. The molecule has 2 N–H and O–H groups in total. The second-order valence-corrected chi connectivity index (χ2v) is 5.01. The lowest BCUT2D eigenvalue weighted by Crippen LogP contribution is -2.37. The zero-order valence-electron chi connectivity index (χ0n) is 12.0. The van der Waals surface area contributed by atoms with Crippen molar-refractivity contribution in [1.29, 1.82) is 0 Å². The van der Waals surface area contributed by atoms with Crippen LogP contribution in [0.1, 0.15) is 31.3 Å². The van der Waals surface area contributed by atoms with Crippen LogP contribution < -0.4 is 10.6 Å². The molecule has 0 unspecified atom stereocenters. The number of carbonyl (C=O) groups is 1. The van der Waals surface area contributed by atoms with Gasteiger partial charge in [-0.15, -0.1) is 10.2 Å². The molecule has 112 valence electrons. The monoisotopic (exact) mass is 307 g/mol. The molecule has 0 saturated heterocycles. The van der Waals surface area contributed by atoms with Crippen LogP contribution in [0.15, 0.2) is 30.6 Å². The highest BCUT2D eigenvalue weighted by Crippen LogP contribution is 2.21. The van der Waals surface area contributed by atoms with Gasteiger partial charge in [0.2, 0.25) is 0 Å². The number of rotatable bonds is 5. The Morgan fingerprint density at radius 3 is 2.90 bits per heavy atom.